The highest BCUT2D eigenvalue weighted by atomic mass is 16.5. The van der Waals surface area contributed by atoms with Crippen molar-refractivity contribution < 1.29 is 4.74 Å². The molecule has 102 valence electrons. The maximum Gasteiger partial charge on any atom is 0.0630 e. The van der Waals surface area contributed by atoms with Gasteiger partial charge in [0.15, 0.2) is 0 Å². The molecule has 0 aliphatic carbocycles. The van der Waals surface area contributed by atoms with E-state index in [-0.39, 0.29) is 0 Å². The van der Waals surface area contributed by atoms with E-state index < -0.39 is 0 Å². The van der Waals surface area contributed by atoms with Crippen LogP contribution in [0.3, 0.4) is 0 Å². The summed E-state index contributed by atoms with van der Waals surface area (Å²) in [6, 6.07) is 1.18. The van der Waals surface area contributed by atoms with E-state index in [1.807, 2.05) is 0 Å². The third-order valence-electron chi connectivity index (χ3n) is 3.77. The van der Waals surface area contributed by atoms with Gasteiger partial charge < -0.3 is 15.0 Å². The molecule has 1 N–H and O–H groups in total. The summed E-state index contributed by atoms with van der Waals surface area (Å²) >= 11 is 0. The van der Waals surface area contributed by atoms with Gasteiger partial charge in [0, 0.05) is 38.8 Å². The topological polar surface area (TPSA) is 27.7 Å². The Bertz CT molecular complexity index is 211. The van der Waals surface area contributed by atoms with Crippen LogP contribution in [0, 0.1) is 5.92 Å². The van der Waals surface area contributed by atoms with Crippen molar-refractivity contribution in [2.45, 2.75) is 25.9 Å². The van der Waals surface area contributed by atoms with Gasteiger partial charge in [-0.2, -0.15) is 0 Å². The van der Waals surface area contributed by atoms with E-state index in [0.717, 1.165) is 32.2 Å². The summed E-state index contributed by atoms with van der Waals surface area (Å²) in [6.45, 7) is 9.72. The van der Waals surface area contributed by atoms with Crippen molar-refractivity contribution in [1.82, 2.24) is 15.1 Å². The van der Waals surface area contributed by atoms with E-state index in [4.69, 9.17) is 4.74 Å². The largest absolute Gasteiger partial charge is 0.383 e. The van der Waals surface area contributed by atoms with Gasteiger partial charge in [-0.25, -0.2) is 0 Å². The minimum Gasteiger partial charge on any atom is -0.383 e. The highest BCUT2D eigenvalue weighted by Crippen LogP contribution is 2.21. The molecule has 4 heteroatoms. The lowest BCUT2D eigenvalue weighted by Gasteiger charge is -2.28. The van der Waals surface area contributed by atoms with Crippen LogP contribution in [0.5, 0.6) is 0 Å². The van der Waals surface area contributed by atoms with Gasteiger partial charge in [0.1, 0.15) is 0 Å². The Balaban J connectivity index is 2.51. The fourth-order valence-electron chi connectivity index (χ4n) is 2.75. The van der Waals surface area contributed by atoms with Crippen molar-refractivity contribution >= 4 is 0 Å². The predicted molar refractivity (Wildman–Crippen MR) is 72.4 cm³/mol. The molecule has 1 heterocycles. The summed E-state index contributed by atoms with van der Waals surface area (Å²) in [5.74, 6) is 0.742. The van der Waals surface area contributed by atoms with Crippen LogP contribution in [0.25, 0.3) is 0 Å². The van der Waals surface area contributed by atoms with Crippen LogP contribution >= 0.6 is 0 Å². The van der Waals surface area contributed by atoms with Crippen LogP contribution in [0.15, 0.2) is 0 Å². The molecule has 3 atom stereocenters. The molecule has 17 heavy (non-hydrogen) atoms. The van der Waals surface area contributed by atoms with Gasteiger partial charge in [0.05, 0.1) is 6.61 Å². The summed E-state index contributed by atoms with van der Waals surface area (Å²) in [7, 11) is 6.16. The smallest absolute Gasteiger partial charge is 0.0630 e. The molecule has 1 aliphatic rings. The summed E-state index contributed by atoms with van der Waals surface area (Å²) in [5, 5.41) is 3.43. The summed E-state index contributed by atoms with van der Waals surface area (Å²) in [5.41, 5.74) is 0. The fraction of sp³-hybridized carbons (Fsp3) is 1.00. The van der Waals surface area contributed by atoms with Gasteiger partial charge >= 0.3 is 0 Å². The third-order valence-corrected chi connectivity index (χ3v) is 3.77. The first-order valence-electron chi connectivity index (χ1n) is 6.70. The summed E-state index contributed by atoms with van der Waals surface area (Å²) in [6.07, 6.45) is 0. The highest BCUT2D eigenvalue weighted by Gasteiger charge is 2.34. The fourth-order valence-corrected chi connectivity index (χ4v) is 2.75. The van der Waals surface area contributed by atoms with Crippen molar-refractivity contribution in [1.29, 1.82) is 0 Å². The van der Waals surface area contributed by atoms with E-state index in [9.17, 15) is 0 Å². The molecule has 0 aromatic rings. The molecule has 0 amide bonds. The number of hydrogen-bond acceptors (Lipinski definition) is 4. The van der Waals surface area contributed by atoms with Gasteiger partial charge in [-0.1, -0.05) is 13.8 Å². The zero-order chi connectivity index (χ0) is 12.8. The Morgan fingerprint density at radius 2 is 2.12 bits per heavy atom. The van der Waals surface area contributed by atoms with Crippen molar-refractivity contribution in [2.24, 2.45) is 5.92 Å². The van der Waals surface area contributed by atoms with Crippen LogP contribution in [0.4, 0.5) is 0 Å². The molecule has 1 fully saturated rings. The number of methoxy groups -OCH3 is 1. The van der Waals surface area contributed by atoms with Gasteiger partial charge in [0.2, 0.25) is 0 Å². The van der Waals surface area contributed by atoms with Crippen molar-refractivity contribution in [3.05, 3.63) is 0 Å². The molecule has 0 aromatic heterocycles. The molecule has 0 spiro atoms. The Kier molecular flexibility index (Phi) is 6.41. The third kappa shape index (κ3) is 4.21. The number of likely N-dealkylation sites (tertiary alicyclic amines) is 1. The molecule has 3 unspecified atom stereocenters. The zero-order valence-corrected chi connectivity index (χ0v) is 12.1. The Hall–Kier alpha value is -0.160. The van der Waals surface area contributed by atoms with Crippen LogP contribution < -0.4 is 5.32 Å². The quantitative estimate of drug-likeness (QED) is 0.704. The molecule has 1 saturated heterocycles. The van der Waals surface area contributed by atoms with E-state index >= 15 is 0 Å². The van der Waals surface area contributed by atoms with Crippen molar-refractivity contribution in [3.8, 4) is 0 Å². The molecule has 0 aromatic carbocycles. The average molecular weight is 243 g/mol. The average Bonchev–Trinajstić information content (AvgIpc) is 2.66. The van der Waals surface area contributed by atoms with E-state index in [2.05, 4.69) is 43.1 Å². The maximum atomic E-state index is 5.35. The van der Waals surface area contributed by atoms with E-state index in [0.29, 0.717) is 12.1 Å². The second-order valence-corrected chi connectivity index (χ2v) is 5.38. The Morgan fingerprint density at radius 3 is 2.59 bits per heavy atom. The lowest BCUT2D eigenvalue weighted by atomic mass is 10.1. The molecule has 1 rings (SSSR count). The molecule has 1 aliphatic heterocycles. The first-order valence-corrected chi connectivity index (χ1v) is 6.70. The first-order chi connectivity index (χ1) is 8.10. The predicted octanol–water partition coefficient (Wildman–Crippen LogP) is 0.493. The Morgan fingerprint density at radius 1 is 1.41 bits per heavy atom. The molecule has 0 radical (unpaired) electrons. The summed E-state index contributed by atoms with van der Waals surface area (Å²) in [4.78, 5) is 4.92. The summed E-state index contributed by atoms with van der Waals surface area (Å²) < 4.78 is 5.35. The number of nitrogens with zero attached hydrogens (tertiary/aromatic N) is 2. The molecule has 0 bridgehead atoms. The van der Waals surface area contributed by atoms with Gasteiger partial charge in [-0.15, -0.1) is 0 Å². The number of rotatable bonds is 7. The van der Waals surface area contributed by atoms with Gasteiger partial charge in [-0.3, -0.25) is 4.90 Å². The number of nitrogens with one attached hydrogen (secondary N) is 1. The van der Waals surface area contributed by atoms with E-state index in [1.165, 1.54) is 6.54 Å². The molecule has 4 nitrogen and oxygen atoms in total. The minimum absolute atomic E-state index is 0.507. The molecular weight excluding hydrogens is 214 g/mol. The monoisotopic (exact) mass is 243 g/mol. The van der Waals surface area contributed by atoms with Crippen LogP contribution in [0.1, 0.15) is 13.8 Å². The SMILES string of the molecule is CCNCC(COC)N1CC(C)C(N(C)C)C1. The number of likely N-dealkylation sites (N-methyl/N-ethyl adjacent to an activating group) is 2. The van der Waals surface area contributed by atoms with Gasteiger partial charge in [-0.05, 0) is 26.6 Å². The minimum atomic E-state index is 0.507. The lowest BCUT2D eigenvalue weighted by Crippen LogP contribution is -2.45. The van der Waals surface area contributed by atoms with Crippen LogP contribution in [0.2, 0.25) is 0 Å². The zero-order valence-electron chi connectivity index (χ0n) is 12.1. The molecular formula is C13H29N3O. The normalized spacial score (nSPS) is 27.9. The second-order valence-electron chi connectivity index (χ2n) is 5.38. The van der Waals surface area contributed by atoms with Gasteiger partial charge in [0.25, 0.3) is 0 Å². The number of hydrogen-bond donors (Lipinski definition) is 1. The van der Waals surface area contributed by atoms with Crippen molar-refractivity contribution in [2.75, 3.05) is 54.0 Å². The standard InChI is InChI=1S/C13H29N3O/c1-6-14-7-12(10-17-5)16-8-11(2)13(9-16)15(3)4/h11-14H,6-10H2,1-5H3. The second kappa shape index (κ2) is 7.31. The molecule has 0 saturated carbocycles. The van der Waals surface area contributed by atoms with Crippen molar-refractivity contribution in [3.63, 3.8) is 0 Å². The van der Waals surface area contributed by atoms with Crippen LogP contribution in [-0.4, -0.2) is 75.9 Å². The highest BCUT2D eigenvalue weighted by molar-refractivity contribution is 4.90. The first kappa shape index (κ1) is 14.9. The lowest BCUT2D eigenvalue weighted by molar-refractivity contribution is 0.0996. The number of ether oxygens (including phenoxy) is 1. The Labute approximate surface area is 106 Å². The van der Waals surface area contributed by atoms with E-state index in [1.54, 1.807) is 7.11 Å². The maximum absolute atomic E-state index is 5.35. The van der Waals surface area contributed by atoms with Crippen LogP contribution in [-0.2, 0) is 4.74 Å².